The molecular weight excluding hydrogens is 413 g/mol. The van der Waals surface area contributed by atoms with Crippen molar-refractivity contribution in [2.45, 2.75) is 19.3 Å². The number of likely N-dealkylation sites (tertiary alicyclic amines) is 1. The highest BCUT2D eigenvalue weighted by Gasteiger charge is 2.16. The standard InChI is InChI=1S/C21H23BrFNO3/c1-26-16-6-7-17(18(22)14-16)21(25)15-5-8-20(19(23)13-15)27-12-11-24-9-3-2-4-10-24/h5-8,13-14H,2-4,9-12H2,1H3. The molecule has 2 aromatic rings. The predicted molar refractivity (Wildman–Crippen MR) is 106 cm³/mol. The Morgan fingerprint density at radius 2 is 1.93 bits per heavy atom. The van der Waals surface area contributed by atoms with Gasteiger partial charge in [0.15, 0.2) is 17.3 Å². The van der Waals surface area contributed by atoms with E-state index in [4.69, 9.17) is 9.47 Å². The third-order valence-corrected chi connectivity index (χ3v) is 5.38. The molecule has 27 heavy (non-hydrogen) atoms. The highest BCUT2D eigenvalue weighted by molar-refractivity contribution is 9.10. The van der Waals surface area contributed by atoms with Gasteiger partial charge in [0.2, 0.25) is 0 Å². The van der Waals surface area contributed by atoms with Gasteiger partial charge in [-0.3, -0.25) is 9.69 Å². The van der Waals surface area contributed by atoms with E-state index in [1.807, 2.05) is 0 Å². The van der Waals surface area contributed by atoms with Crippen molar-refractivity contribution in [1.82, 2.24) is 4.90 Å². The molecule has 1 heterocycles. The van der Waals surface area contributed by atoms with E-state index in [2.05, 4.69) is 20.8 Å². The molecule has 3 rings (SSSR count). The van der Waals surface area contributed by atoms with Crippen molar-refractivity contribution in [3.63, 3.8) is 0 Å². The molecule has 1 aliphatic rings. The molecule has 0 N–H and O–H groups in total. The Labute approximate surface area is 167 Å². The molecule has 6 heteroatoms. The molecule has 1 saturated heterocycles. The topological polar surface area (TPSA) is 38.8 Å². The number of benzene rings is 2. The van der Waals surface area contributed by atoms with E-state index in [-0.39, 0.29) is 17.1 Å². The molecule has 0 amide bonds. The summed E-state index contributed by atoms with van der Waals surface area (Å²) in [7, 11) is 1.56. The van der Waals surface area contributed by atoms with E-state index >= 15 is 0 Å². The van der Waals surface area contributed by atoms with Crippen molar-refractivity contribution < 1.29 is 18.7 Å². The molecule has 0 atom stereocenters. The first-order valence-corrected chi connectivity index (χ1v) is 9.91. The molecule has 1 aliphatic heterocycles. The third-order valence-electron chi connectivity index (χ3n) is 4.73. The minimum Gasteiger partial charge on any atom is -0.497 e. The molecule has 0 unspecified atom stereocenters. The first-order valence-electron chi connectivity index (χ1n) is 9.11. The Hall–Kier alpha value is -1.92. The lowest BCUT2D eigenvalue weighted by Gasteiger charge is -2.26. The van der Waals surface area contributed by atoms with Gasteiger partial charge >= 0.3 is 0 Å². The summed E-state index contributed by atoms with van der Waals surface area (Å²) < 4.78 is 25.7. The van der Waals surface area contributed by atoms with Gasteiger partial charge in [0.1, 0.15) is 12.4 Å². The van der Waals surface area contributed by atoms with Gasteiger partial charge in [-0.15, -0.1) is 0 Å². The number of hydrogen-bond acceptors (Lipinski definition) is 4. The summed E-state index contributed by atoms with van der Waals surface area (Å²) in [5.74, 6) is 0.0341. The average Bonchev–Trinajstić information content (AvgIpc) is 2.69. The summed E-state index contributed by atoms with van der Waals surface area (Å²) in [5.41, 5.74) is 0.732. The van der Waals surface area contributed by atoms with Gasteiger partial charge in [0.05, 0.1) is 7.11 Å². The highest BCUT2D eigenvalue weighted by Crippen LogP contribution is 2.27. The number of rotatable bonds is 7. The van der Waals surface area contributed by atoms with E-state index in [1.54, 1.807) is 31.4 Å². The Balaban J connectivity index is 1.64. The van der Waals surface area contributed by atoms with Gasteiger partial charge in [-0.25, -0.2) is 4.39 Å². The van der Waals surface area contributed by atoms with Crippen LogP contribution in [0.25, 0.3) is 0 Å². The second-order valence-corrected chi connectivity index (χ2v) is 7.43. The summed E-state index contributed by atoms with van der Waals surface area (Å²) in [5, 5.41) is 0. The van der Waals surface area contributed by atoms with Crippen LogP contribution in [0.1, 0.15) is 35.2 Å². The van der Waals surface area contributed by atoms with Crippen LogP contribution in [0.4, 0.5) is 4.39 Å². The molecule has 0 bridgehead atoms. The number of methoxy groups -OCH3 is 1. The number of hydrogen-bond donors (Lipinski definition) is 0. The molecule has 1 fully saturated rings. The quantitative estimate of drug-likeness (QED) is 0.591. The molecule has 0 aromatic heterocycles. The van der Waals surface area contributed by atoms with Crippen molar-refractivity contribution in [2.24, 2.45) is 0 Å². The fourth-order valence-electron chi connectivity index (χ4n) is 3.19. The molecular formula is C21H23BrFNO3. The Morgan fingerprint density at radius 3 is 2.59 bits per heavy atom. The Morgan fingerprint density at radius 1 is 1.15 bits per heavy atom. The van der Waals surface area contributed by atoms with Gasteiger partial charge in [-0.2, -0.15) is 0 Å². The third kappa shape index (κ3) is 5.08. The van der Waals surface area contributed by atoms with E-state index in [1.165, 1.54) is 31.4 Å². The predicted octanol–water partition coefficient (Wildman–Crippen LogP) is 4.69. The highest BCUT2D eigenvalue weighted by atomic mass is 79.9. The van der Waals surface area contributed by atoms with Crippen molar-refractivity contribution in [3.05, 3.63) is 57.8 Å². The van der Waals surface area contributed by atoms with Gasteiger partial charge in [0, 0.05) is 22.1 Å². The van der Waals surface area contributed by atoms with Crippen molar-refractivity contribution in [1.29, 1.82) is 0 Å². The van der Waals surface area contributed by atoms with Gasteiger partial charge in [0.25, 0.3) is 0 Å². The number of ether oxygens (including phenoxy) is 2. The van der Waals surface area contributed by atoms with E-state index in [0.717, 1.165) is 19.6 Å². The van der Waals surface area contributed by atoms with Crippen LogP contribution in [0, 0.1) is 5.82 Å². The molecule has 0 saturated carbocycles. The summed E-state index contributed by atoms with van der Waals surface area (Å²) in [4.78, 5) is 15.0. The number of carbonyl (C=O) groups excluding carboxylic acids is 1. The van der Waals surface area contributed by atoms with Crippen LogP contribution in [-0.2, 0) is 0 Å². The fraction of sp³-hybridized carbons (Fsp3) is 0.381. The van der Waals surface area contributed by atoms with Crippen LogP contribution in [0.2, 0.25) is 0 Å². The SMILES string of the molecule is COc1ccc(C(=O)c2ccc(OCCN3CCCCC3)c(F)c2)c(Br)c1. The summed E-state index contributed by atoms with van der Waals surface area (Å²) >= 11 is 3.37. The van der Waals surface area contributed by atoms with Crippen molar-refractivity contribution in [2.75, 3.05) is 33.4 Å². The minimum atomic E-state index is -0.524. The van der Waals surface area contributed by atoms with Gasteiger partial charge < -0.3 is 9.47 Å². The number of nitrogens with zero attached hydrogens (tertiary/aromatic N) is 1. The molecule has 144 valence electrons. The summed E-state index contributed by atoms with van der Waals surface area (Å²) in [6, 6.07) is 9.42. The lowest BCUT2D eigenvalue weighted by molar-refractivity contribution is 0.103. The largest absolute Gasteiger partial charge is 0.497 e. The second-order valence-electron chi connectivity index (χ2n) is 6.57. The molecule has 0 spiro atoms. The maximum Gasteiger partial charge on any atom is 0.194 e. The molecule has 0 aliphatic carbocycles. The lowest BCUT2D eigenvalue weighted by Crippen LogP contribution is -2.33. The molecule has 2 aromatic carbocycles. The van der Waals surface area contributed by atoms with Crippen LogP contribution in [0.15, 0.2) is 40.9 Å². The number of halogens is 2. The Bertz CT molecular complexity index is 806. The Kier molecular flexibility index (Phi) is 6.85. The van der Waals surface area contributed by atoms with Gasteiger partial charge in [-0.1, -0.05) is 6.42 Å². The number of ketones is 1. The second kappa shape index (κ2) is 9.33. The monoisotopic (exact) mass is 435 g/mol. The van der Waals surface area contributed by atoms with Crippen LogP contribution in [0.3, 0.4) is 0 Å². The van der Waals surface area contributed by atoms with E-state index in [0.29, 0.717) is 22.4 Å². The first kappa shape index (κ1) is 19.8. The minimum absolute atomic E-state index is 0.178. The van der Waals surface area contributed by atoms with Crippen molar-refractivity contribution >= 4 is 21.7 Å². The fourth-order valence-corrected chi connectivity index (χ4v) is 3.73. The molecule has 0 radical (unpaired) electrons. The van der Waals surface area contributed by atoms with Crippen LogP contribution < -0.4 is 9.47 Å². The zero-order chi connectivity index (χ0) is 19.2. The summed E-state index contributed by atoms with van der Waals surface area (Å²) in [6.45, 7) is 3.39. The van der Waals surface area contributed by atoms with Crippen LogP contribution in [0.5, 0.6) is 11.5 Å². The van der Waals surface area contributed by atoms with Crippen LogP contribution in [-0.4, -0.2) is 44.0 Å². The smallest absolute Gasteiger partial charge is 0.194 e. The summed E-state index contributed by atoms with van der Waals surface area (Å²) in [6.07, 6.45) is 3.71. The number of piperidine rings is 1. The van der Waals surface area contributed by atoms with E-state index < -0.39 is 5.82 Å². The first-order chi connectivity index (χ1) is 13.1. The zero-order valence-corrected chi connectivity index (χ0v) is 16.9. The van der Waals surface area contributed by atoms with Gasteiger partial charge in [-0.05, 0) is 78.3 Å². The normalized spacial score (nSPS) is 14.8. The maximum absolute atomic E-state index is 14.4. The van der Waals surface area contributed by atoms with Crippen molar-refractivity contribution in [3.8, 4) is 11.5 Å². The number of carbonyl (C=O) groups is 1. The van der Waals surface area contributed by atoms with E-state index in [9.17, 15) is 9.18 Å². The average molecular weight is 436 g/mol. The maximum atomic E-state index is 14.4. The van der Waals surface area contributed by atoms with Crippen LogP contribution >= 0.6 is 15.9 Å². The zero-order valence-electron chi connectivity index (χ0n) is 15.3. The lowest BCUT2D eigenvalue weighted by atomic mass is 10.0. The molecule has 4 nitrogen and oxygen atoms in total.